The van der Waals surface area contributed by atoms with Gasteiger partial charge in [-0.05, 0) is 42.8 Å². The van der Waals surface area contributed by atoms with Gasteiger partial charge in [-0.1, -0.05) is 48.5 Å². The molecule has 32 heavy (non-hydrogen) atoms. The van der Waals surface area contributed by atoms with Crippen LogP contribution >= 0.6 is 0 Å². The fraction of sp³-hybridized carbons (Fsp3) is 0.120. The summed E-state index contributed by atoms with van der Waals surface area (Å²) in [4.78, 5) is 22.8. The van der Waals surface area contributed by atoms with Crippen molar-refractivity contribution in [1.82, 2.24) is 9.99 Å². The van der Waals surface area contributed by atoms with Gasteiger partial charge in [-0.2, -0.15) is 5.10 Å². The van der Waals surface area contributed by atoms with E-state index >= 15 is 0 Å². The van der Waals surface area contributed by atoms with Crippen LogP contribution in [-0.2, 0) is 11.2 Å². The number of nitrogens with zero attached hydrogens (tertiary/aromatic N) is 3. The van der Waals surface area contributed by atoms with Crippen molar-refractivity contribution >= 4 is 28.6 Å². The summed E-state index contributed by atoms with van der Waals surface area (Å²) in [6, 6.07) is 22.7. The molecule has 160 valence electrons. The van der Waals surface area contributed by atoms with Crippen molar-refractivity contribution in [3.63, 3.8) is 0 Å². The van der Waals surface area contributed by atoms with Crippen molar-refractivity contribution in [2.24, 2.45) is 5.10 Å². The second-order valence-corrected chi connectivity index (χ2v) is 7.55. The first-order valence-electron chi connectivity index (χ1n) is 10.2. The summed E-state index contributed by atoms with van der Waals surface area (Å²) in [5.41, 5.74) is 6.71. The van der Waals surface area contributed by atoms with Crippen LogP contribution in [0.5, 0.6) is 0 Å². The Morgan fingerprint density at radius 3 is 2.53 bits per heavy atom. The van der Waals surface area contributed by atoms with Crippen LogP contribution in [0.3, 0.4) is 0 Å². The van der Waals surface area contributed by atoms with E-state index in [1.807, 2.05) is 32.0 Å². The van der Waals surface area contributed by atoms with Crippen molar-refractivity contribution in [3.8, 4) is 5.69 Å². The van der Waals surface area contributed by atoms with Crippen molar-refractivity contribution in [1.29, 1.82) is 0 Å². The minimum absolute atomic E-state index is 0.0782. The molecule has 0 aliphatic heterocycles. The second-order valence-electron chi connectivity index (χ2n) is 7.55. The van der Waals surface area contributed by atoms with E-state index in [4.69, 9.17) is 0 Å². The Labute approximate surface area is 185 Å². The van der Waals surface area contributed by atoms with E-state index in [9.17, 15) is 14.9 Å². The minimum atomic E-state index is -0.493. The number of fused-ring (bicyclic) bond motifs is 1. The molecule has 0 atom stereocenters. The molecule has 0 saturated heterocycles. The smallest absolute Gasteiger partial charge is 0.273 e. The number of rotatable bonds is 6. The maximum Gasteiger partial charge on any atom is 0.273 e. The van der Waals surface area contributed by atoms with Crippen molar-refractivity contribution in [2.45, 2.75) is 20.3 Å². The monoisotopic (exact) mass is 426 g/mol. The molecule has 0 bridgehead atoms. The Hall–Kier alpha value is -4.26. The molecule has 0 radical (unpaired) electrons. The molecule has 3 aromatic carbocycles. The molecule has 4 aromatic rings. The lowest BCUT2D eigenvalue weighted by Crippen LogP contribution is -2.20. The number of hydrazone groups is 1. The molecule has 0 aliphatic carbocycles. The fourth-order valence-electron chi connectivity index (χ4n) is 3.86. The SMILES string of the molecule is Cc1cc(/C=N/NC(=O)Cc2ccccc2[N+](=O)[O-])c(C)n1-c1ccc2ccccc2c1. The lowest BCUT2D eigenvalue weighted by Gasteiger charge is -2.11. The van der Waals surface area contributed by atoms with E-state index in [-0.39, 0.29) is 12.1 Å². The van der Waals surface area contributed by atoms with Gasteiger partial charge in [0.2, 0.25) is 5.91 Å². The van der Waals surface area contributed by atoms with Gasteiger partial charge in [0.1, 0.15) is 0 Å². The Morgan fingerprint density at radius 2 is 1.75 bits per heavy atom. The first-order valence-corrected chi connectivity index (χ1v) is 10.2. The summed E-state index contributed by atoms with van der Waals surface area (Å²) in [5, 5.41) is 17.5. The van der Waals surface area contributed by atoms with Crippen molar-refractivity contribution in [3.05, 3.63) is 105 Å². The summed E-state index contributed by atoms with van der Waals surface area (Å²) in [7, 11) is 0. The van der Waals surface area contributed by atoms with E-state index in [1.54, 1.807) is 24.4 Å². The Bertz CT molecular complexity index is 1350. The lowest BCUT2D eigenvalue weighted by molar-refractivity contribution is -0.385. The predicted molar refractivity (Wildman–Crippen MR) is 125 cm³/mol. The molecule has 1 heterocycles. The van der Waals surface area contributed by atoms with Gasteiger partial charge in [0, 0.05) is 34.3 Å². The fourth-order valence-corrected chi connectivity index (χ4v) is 3.86. The number of nitro groups is 1. The maximum atomic E-state index is 12.2. The molecule has 1 N–H and O–H groups in total. The molecule has 0 fully saturated rings. The average Bonchev–Trinajstić information content (AvgIpc) is 3.06. The highest BCUT2D eigenvalue weighted by atomic mass is 16.6. The van der Waals surface area contributed by atoms with Gasteiger partial charge in [0.05, 0.1) is 17.6 Å². The van der Waals surface area contributed by atoms with E-state index in [0.717, 1.165) is 28.0 Å². The highest BCUT2D eigenvalue weighted by Crippen LogP contribution is 2.24. The summed E-state index contributed by atoms with van der Waals surface area (Å²) in [5.74, 6) is -0.418. The standard InChI is InChI=1S/C25H22N4O3/c1-17-13-22(16-26-27-25(30)15-21-9-5-6-10-24(21)29(31)32)18(2)28(17)23-12-11-19-7-3-4-8-20(19)14-23/h3-14,16H,15H2,1-2H3,(H,27,30)/b26-16+. The van der Waals surface area contributed by atoms with Gasteiger partial charge in [-0.25, -0.2) is 5.43 Å². The number of carbonyl (C=O) groups is 1. The van der Waals surface area contributed by atoms with Crippen LogP contribution in [0, 0.1) is 24.0 Å². The molecule has 7 heteroatoms. The average molecular weight is 426 g/mol. The quantitative estimate of drug-likeness (QED) is 0.272. The number of aryl methyl sites for hydroxylation is 1. The summed E-state index contributed by atoms with van der Waals surface area (Å²) < 4.78 is 2.14. The third-order valence-corrected chi connectivity index (χ3v) is 5.39. The molecule has 1 amide bonds. The predicted octanol–water partition coefficient (Wildman–Crippen LogP) is 4.85. The van der Waals surface area contributed by atoms with Gasteiger partial charge in [0.15, 0.2) is 0 Å². The van der Waals surface area contributed by atoms with E-state index in [1.165, 1.54) is 11.5 Å². The van der Waals surface area contributed by atoms with Crippen LogP contribution in [0.2, 0.25) is 0 Å². The molecule has 0 saturated carbocycles. The number of amides is 1. The zero-order chi connectivity index (χ0) is 22.7. The van der Waals surface area contributed by atoms with E-state index in [0.29, 0.717) is 5.56 Å². The molecule has 1 aromatic heterocycles. The first-order chi connectivity index (χ1) is 15.4. The number of hydrogen-bond acceptors (Lipinski definition) is 4. The van der Waals surface area contributed by atoms with Crippen LogP contribution in [0.15, 0.2) is 77.9 Å². The third-order valence-electron chi connectivity index (χ3n) is 5.39. The molecular weight excluding hydrogens is 404 g/mol. The van der Waals surface area contributed by atoms with Gasteiger partial charge >= 0.3 is 0 Å². The molecule has 0 unspecified atom stereocenters. The zero-order valence-electron chi connectivity index (χ0n) is 17.8. The first kappa shape index (κ1) is 21.0. The number of benzene rings is 3. The van der Waals surface area contributed by atoms with E-state index < -0.39 is 10.8 Å². The normalized spacial score (nSPS) is 11.2. The third kappa shape index (κ3) is 4.27. The molecule has 0 spiro atoms. The zero-order valence-corrected chi connectivity index (χ0v) is 17.8. The van der Waals surface area contributed by atoms with Crippen LogP contribution in [0.4, 0.5) is 5.69 Å². The molecule has 7 nitrogen and oxygen atoms in total. The van der Waals surface area contributed by atoms with Crippen molar-refractivity contribution in [2.75, 3.05) is 0 Å². The molecule has 0 aliphatic rings. The Balaban J connectivity index is 1.50. The number of aromatic nitrogens is 1. The number of carbonyl (C=O) groups excluding carboxylic acids is 1. The minimum Gasteiger partial charge on any atom is -0.318 e. The van der Waals surface area contributed by atoms with Crippen LogP contribution in [0.25, 0.3) is 16.5 Å². The number of hydrogen-bond donors (Lipinski definition) is 1. The number of nitro benzene ring substituents is 1. The largest absolute Gasteiger partial charge is 0.318 e. The molecule has 4 rings (SSSR count). The van der Waals surface area contributed by atoms with Crippen LogP contribution in [-0.4, -0.2) is 21.6 Å². The van der Waals surface area contributed by atoms with Gasteiger partial charge in [-0.3, -0.25) is 14.9 Å². The summed E-state index contributed by atoms with van der Waals surface area (Å²) in [6.07, 6.45) is 1.47. The van der Waals surface area contributed by atoms with Crippen molar-refractivity contribution < 1.29 is 9.72 Å². The van der Waals surface area contributed by atoms with Gasteiger partial charge in [0.25, 0.3) is 5.69 Å². The number of nitrogens with one attached hydrogen (secondary N) is 1. The van der Waals surface area contributed by atoms with E-state index in [2.05, 4.69) is 45.4 Å². The maximum absolute atomic E-state index is 12.2. The Kier molecular flexibility index (Phi) is 5.81. The number of para-hydroxylation sites is 1. The highest BCUT2D eigenvalue weighted by molar-refractivity contribution is 5.86. The molecular formula is C25H22N4O3. The highest BCUT2D eigenvalue weighted by Gasteiger charge is 2.15. The topological polar surface area (TPSA) is 89.5 Å². The van der Waals surface area contributed by atoms with Crippen LogP contribution in [0.1, 0.15) is 22.5 Å². The summed E-state index contributed by atoms with van der Waals surface area (Å²) >= 11 is 0. The second kappa shape index (κ2) is 8.85. The van der Waals surface area contributed by atoms with Gasteiger partial charge in [-0.15, -0.1) is 0 Å². The lowest BCUT2D eigenvalue weighted by atomic mass is 10.1. The van der Waals surface area contributed by atoms with Gasteiger partial charge < -0.3 is 4.57 Å². The Morgan fingerprint density at radius 1 is 1.03 bits per heavy atom. The van der Waals surface area contributed by atoms with Crippen LogP contribution < -0.4 is 5.43 Å². The summed E-state index contributed by atoms with van der Waals surface area (Å²) in [6.45, 7) is 4.02.